The first-order valence-electron chi connectivity index (χ1n) is 4.75. The van der Waals surface area contributed by atoms with Crippen molar-refractivity contribution in [1.82, 2.24) is 0 Å². The molecule has 0 bridgehead atoms. The van der Waals surface area contributed by atoms with Gasteiger partial charge in [0.2, 0.25) is 0 Å². The molecule has 0 fully saturated rings. The van der Waals surface area contributed by atoms with Crippen molar-refractivity contribution in [2.75, 3.05) is 11.5 Å². The first kappa shape index (κ1) is 11.9. The minimum atomic E-state index is -3.23. The fourth-order valence-electron chi connectivity index (χ4n) is 1.12. The van der Waals surface area contributed by atoms with E-state index in [0.717, 1.165) is 5.56 Å². The van der Waals surface area contributed by atoms with Crippen LogP contribution in [0.5, 0.6) is 0 Å². The van der Waals surface area contributed by atoms with E-state index in [2.05, 4.69) is 0 Å². The van der Waals surface area contributed by atoms with E-state index >= 15 is 0 Å². The minimum absolute atomic E-state index is 0.00456. The molecule has 0 unspecified atom stereocenters. The zero-order chi connectivity index (χ0) is 11.5. The van der Waals surface area contributed by atoms with Gasteiger partial charge in [-0.2, -0.15) is 0 Å². The van der Waals surface area contributed by atoms with Crippen molar-refractivity contribution in [2.45, 2.75) is 13.8 Å². The van der Waals surface area contributed by atoms with Gasteiger partial charge in [0.1, 0.15) is 5.75 Å². The molecule has 0 aromatic heterocycles. The second kappa shape index (κ2) is 4.57. The van der Waals surface area contributed by atoms with Crippen LogP contribution in [-0.4, -0.2) is 25.7 Å². The van der Waals surface area contributed by atoms with Crippen LogP contribution in [0.15, 0.2) is 24.3 Å². The number of ketones is 1. The van der Waals surface area contributed by atoms with Gasteiger partial charge < -0.3 is 0 Å². The van der Waals surface area contributed by atoms with E-state index < -0.39 is 15.6 Å². The lowest BCUT2D eigenvalue weighted by Crippen LogP contribution is -2.17. The second-order valence-corrected chi connectivity index (χ2v) is 5.82. The van der Waals surface area contributed by atoms with Gasteiger partial charge in [0.15, 0.2) is 15.6 Å². The van der Waals surface area contributed by atoms with Crippen molar-refractivity contribution < 1.29 is 13.2 Å². The Bertz CT molecular complexity index is 443. The fraction of sp³-hybridized carbons (Fsp3) is 0.364. The number of aryl methyl sites for hydroxylation is 1. The lowest BCUT2D eigenvalue weighted by atomic mass is 10.1. The first-order chi connectivity index (χ1) is 6.94. The quantitative estimate of drug-likeness (QED) is 0.733. The van der Waals surface area contributed by atoms with Crippen molar-refractivity contribution >= 4 is 15.6 Å². The molecule has 0 aliphatic rings. The fourth-order valence-corrected chi connectivity index (χ4v) is 1.89. The van der Waals surface area contributed by atoms with Gasteiger partial charge in [-0.15, -0.1) is 0 Å². The third-order valence-electron chi connectivity index (χ3n) is 2.16. The van der Waals surface area contributed by atoms with Gasteiger partial charge in [0.25, 0.3) is 0 Å². The first-order valence-corrected chi connectivity index (χ1v) is 6.57. The van der Waals surface area contributed by atoms with Crippen molar-refractivity contribution in [1.29, 1.82) is 0 Å². The molecular formula is C11H14O3S. The number of benzene rings is 1. The largest absolute Gasteiger partial charge is 0.293 e. The Morgan fingerprint density at radius 3 is 2.20 bits per heavy atom. The van der Waals surface area contributed by atoms with Crippen LogP contribution in [0.1, 0.15) is 22.8 Å². The number of carbonyl (C=O) groups is 1. The summed E-state index contributed by atoms with van der Waals surface area (Å²) < 4.78 is 22.5. The molecule has 4 heteroatoms. The van der Waals surface area contributed by atoms with Crippen LogP contribution in [0.25, 0.3) is 0 Å². The van der Waals surface area contributed by atoms with Gasteiger partial charge >= 0.3 is 0 Å². The second-order valence-electron chi connectivity index (χ2n) is 3.47. The minimum Gasteiger partial charge on any atom is -0.293 e. The highest BCUT2D eigenvalue weighted by molar-refractivity contribution is 7.92. The summed E-state index contributed by atoms with van der Waals surface area (Å²) in [5, 5.41) is 0. The summed E-state index contributed by atoms with van der Waals surface area (Å²) in [6, 6.07) is 6.91. The molecule has 0 aliphatic carbocycles. The SMILES string of the molecule is CCS(=O)(=O)CC(=O)c1ccc(C)cc1. The molecule has 0 N–H and O–H groups in total. The highest BCUT2D eigenvalue weighted by Gasteiger charge is 2.15. The Morgan fingerprint density at radius 2 is 1.73 bits per heavy atom. The van der Waals surface area contributed by atoms with Gasteiger partial charge in [-0.25, -0.2) is 8.42 Å². The maximum atomic E-state index is 11.6. The molecule has 0 heterocycles. The smallest absolute Gasteiger partial charge is 0.177 e. The van der Waals surface area contributed by atoms with Gasteiger partial charge in [-0.05, 0) is 6.92 Å². The monoisotopic (exact) mass is 226 g/mol. The molecule has 0 saturated carbocycles. The van der Waals surface area contributed by atoms with Crippen molar-refractivity contribution in [2.24, 2.45) is 0 Å². The van der Waals surface area contributed by atoms with Crippen LogP contribution in [-0.2, 0) is 9.84 Å². The molecule has 0 radical (unpaired) electrons. The highest BCUT2D eigenvalue weighted by Crippen LogP contribution is 2.05. The van der Waals surface area contributed by atoms with Gasteiger partial charge in [0.05, 0.1) is 0 Å². The lowest BCUT2D eigenvalue weighted by Gasteiger charge is -2.01. The molecule has 0 aliphatic heterocycles. The standard InChI is InChI=1S/C11H14O3S/c1-3-15(13,14)8-11(12)10-6-4-9(2)5-7-10/h4-7H,3,8H2,1-2H3. The van der Waals surface area contributed by atoms with Crippen LogP contribution in [0.2, 0.25) is 0 Å². The average Bonchev–Trinajstić information content (AvgIpc) is 2.18. The molecule has 0 amide bonds. The van der Waals surface area contributed by atoms with E-state index in [1.807, 2.05) is 6.92 Å². The summed E-state index contributed by atoms with van der Waals surface area (Å²) >= 11 is 0. The summed E-state index contributed by atoms with van der Waals surface area (Å²) in [6.07, 6.45) is 0. The van der Waals surface area contributed by atoms with E-state index in [0.29, 0.717) is 5.56 Å². The molecule has 3 nitrogen and oxygen atoms in total. The number of rotatable bonds is 4. The Hall–Kier alpha value is -1.16. The molecule has 0 atom stereocenters. The Labute approximate surface area is 90.0 Å². The van der Waals surface area contributed by atoms with Crippen LogP contribution in [0, 0.1) is 6.92 Å². The normalized spacial score (nSPS) is 11.3. The van der Waals surface area contributed by atoms with Crippen LogP contribution in [0.3, 0.4) is 0 Å². The molecule has 15 heavy (non-hydrogen) atoms. The summed E-state index contributed by atoms with van der Waals surface area (Å²) in [4.78, 5) is 11.6. The van der Waals surface area contributed by atoms with E-state index in [1.165, 1.54) is 6.92 Å². The molecule has 0 saturated heterocycles. The average molecular weight is 226 g/mol. The maximum Gasteiger partial charge on any atom is 0.177 e. The summed E-state index contributed by atoms with van der Waals surface area (Å²) in [7, 11) is -3.23. The van der Waals surface area contributed by atoms with Crippen molar-refractivity contribution in [3.63, 3.8) is 0 Å². The summed E-state index contributed by atoms with van der Waals surface area (Å²) in [6.45, 7) is 3.45. The number of carbonyl (C=O) groups excluding carboxylic acids is 1. The third-order valence-corrected chi connectivity index (χ3v) is 3.75. The zero-order valence-corrected chi connectivity index (χ0v) is 9.67. The zero-order valence-electron chi connectivity index (χ0n) is 8.86. The van der Waals surface area contributed by atoms with E-state index in [4.69, 9.17) is 0 Å². The maximum absolute atomic E-state index is 11.6. The molecule has 0 spiro atoms. The van der Waals surface area contributed by atoms with Crippen LogP contribution >= 0.6 is 0 Å². The van der Waals surface area contributed by atoms with Gasteiger partial charge in [0, 0.05) is 11.3 Å². The number of hydrogen-bond acceptors (Lipinski definition) is 3. The van der Waals surface area contributed by atoms with E-state index in [-0.39, 0.29) is 11.5 Å². The van der Waals surface area contributed by atoms with Crippen LogP contribution in [0.4, 0.5) is 0 Å². The topological polar surface area (TPSA) is 51.2 Å². The van der Waals surface area contributed by atoms with Crippen LogP contribution < -0.4 is 0 Å². The molecule has 1 rings (SSSR count). The summed E-state index contributed by atoms with van der Waals surface area (Å²) in [5.74, 6) is -0.728. The van der Waals surface area contributed by atoms with Gasteiger partial charge in [-0.1, -0.05) is 36.8 Å². The van der Waals surface area contributed by atoms with Crippen molar-refractivity contribution in [3.05, 3.63) is 35.4 Å². The van der Waals surface area contributed by atoms with E-state index in [9.17, 15) is 13.2 Å². The Morgan fingerprint density at radius 1 is 1.20 bits per heavy atom. The number of sulfone groups is 1. The molecule has 1 aromatic rings. The van der Waals surface area contributed by atoms with E-state index in [1.54, 1.807) is 24.3 Å². The number of Topliss-reactive ketones (excluding diaryl/α,β-unsaturated/α-hetero) is 1. The molecule has 1 aromatic carbocycles. The predicted molar refractivity (Wildman–Crippen MR) is 59.8 cm³/mol. The Kier molecular flexibility index (Phi) is 3.63. The summed E-state index contributed by atoms with van der Waals surface area (Å²) in [5.41, 5.74) is 1.50. The highest BCUT2D eigenvalue weighted by atomic mass is 32.2. The Balaban J connectivity index is 2.83. The lowest BCUT2D eigenvalue weighted by molar-refractivity contribution is 0.102. The molecule has 82 valence electrons. The molecular weight excluding hydrogens is 212 g/mol. The van der Waals surface area contributed by atoms with Crippen molar-refractivity contribution in [3.8, 4) is 0 Å². The van der Waals surface area contributed by atoms with Gasteiger partial charge in [-0.3, -0.25) is 4.79 Å². The predicted octanol–water partition coefficient (Wildman–Crippen LogP) is 1.61. The number of hydrogen-bond donors (Lipinski definition) is 0. The third kappa shape index (κ3) is 3.47.